The minimum Gasteiger partial charge on any atom is -0.337 e. The lowest BCUT2D eigenvalue weighted by Crippen LogP contribution is -2.26. The molecule has 0 spiro atoms. The second-order valence-corrected chi connectivity index (χ2v) is 5.59. The van der Waals surface area contributed by atoms with E-state index in [-0.39, 0.29) is 18.3 Å². The number of halogens is 1. The van der Waals surface area contributed by atoms with E-state index in [9.17, 15) is 9.18 Å². The summed E-state index contributed by atoms with van der Waals surface area (Å²) >= 11 is 0. The Kier molecular flexibility index (Phi) is 3.74. The molecule has 3 rings (SSSR count). The van der Waals surface area contributed by atoms with Crippen LogP contribution in [-0.2, 0) is 19.4 Å². The van der Waals surface area contributed by atoms with Gasteiger partial charge in [0.05, 0.1) is 0 Å². The first-order valence-electron chi connectivity index (χ1n) is 7.26. The summed E-state index contributed by atoms with van der Waals surface area (Å²) < 4.78 is 13.7. The van der Waals surface area contributed by atoms with Crippen LogP contribution in [0.4, 0.5) is 4.39 Å². The fourth-order valence-electron chi connectivity index (χ4n) is 2.88. The number of fused-ring (bicyclic) bond motifs is 1. The van der Waals surface area contributed by atoms with Gasteiger partial charge in [-0.2, -0.15) is 0 Å². The number of nitrogens with zero attached hydrogens (tertiary/aromatic N) is 1. The van der Waals surface area contributed by atoms with Crippen LogP contribution in [0.15, 0.2) is 42.5 Å². The van der Waals surface area contributed by atoms with E-state index in [0.717, 1.165) is 19.3 Å². The van der Waals surface area contributed by atoms with Crippen molar-refractivity contribution in [3.63, 3.8) is 0 Å². The summed E-state index contributed by atoms with van der Waals surface area (Å²) in [5.74, 6) is -0.334. The van der Waals surface area contributed by atoms with E-state index in [1.54, 1.807) is 30.1 Å². The summed E-state index contributed by atoms with van der Waals surface area (Å²) in [6.45, 7) is 0.280. The monoisotopic (exact) mass is 283 g/mol. The molecule has 3 heteroatoms. The molecule has 1 amide bonds. The van der Waals surface area contributed by atoms with Crippen LogP contribution in [0, 0.1) is 5.82 Å². The van der Waals surface area contributed by atoms with Gasteiger partial charge in [-0.05, 0) is 48.6 Å². The van der Waals surface area contributed by atoms with Gasteiger partial charge in [0.25, 0.3) is 5.91 Å². The standard InChI is InChI=1S/C18H18FNO/c1-20(12-16-5-2-3-8-17(16)19)18(21)15-10-9-13-6-4-7-14(13)11-15/h2-3,5,8-11H,4,6-7,12H2,1H3. The molecule has 2 aromatic rings. The lowest BCUT2D eigenvalue weighted by atomic mass is 10.1. The first-order valence-corrected chi connectivity index (χ1v) is 7.26. The Hall–Kier alpha value is -2.16. The number of rotatable bonds is 3. The molecule has 0 saturated heterocycles. The van der Waals surface area contributed by atoms with Gasteiger partial charge in [0.1, 0.15) is 5.82 Å². The average Bonchev–Trinajstić information content (AvgIpc) is 2.96. The maximum Gasteiger partial charge on any atom is 0.253 e. The van der Waals surface area contributed by atoms with Crippen LogP contribution in [0.5, 0.6) is 0 Å². The van der Waals surface area contributed by atoms with E-state index in [1.165, 1.54) is 17.2 Å². The van der Waals surface area contributed by atoms with E-state index in [0.29, 0.717) is 11.1 Å². The Balaban J connectivity index is 1.77. The lowest BCUT2D eigenvalue weighted by Gasteiger charge is -2.18. The predicted molar refractivity (Wildman–Crippen MR) is 80.7 cm³/mol. The topological polar surface area (TPSA) is 20.3 Å². The summed E-state index contributed by atoms with van der Waals surface area (Å²) in [5, 5.41) is 0. The third kappa shape index (κ3) is 2.82. The maximum atomic E-state index is 13.7. The van der Waals surface area contributed by atoms with Crippen molar-refractivity contribution < 1.29 is 9.18 Å². The third-order valence-corrected chi connectivity index (χ3v) is 4.06. The zero-order valence-corrected chi connectivity index (χ0v) is 12.1. The number of hydrogen-bond acceptors (Lipinski definition) is 1. The molecule has 0 bridgehead atoms. The molecule has 1 aliphatic rings. The van der Waals surface area contributed by atoms with Gasteiger partial charge in [-0.15, -0.1) is 0 Å². The Morgan fingerprint density at radius 2 is 1.90 bits per heavy atom. The fraction of sp³-hybridized carbons (Fsp3) is 0.278. The molecule has 0 saturated carbocycles. The van der Waals surface area contributed by atoms with E-state index in [4.69, 9.17) is 0 Å². The van der Waals surface area contributed by atoms with Crippen molar-refractivity contribution in [3.05, 3.63) is 70.5 Å². The highest BCUT2D eigenvalue weighted by Crippen LogP contribution is 2.23. The van der Waals surface area contributed by atoms with Crippen molar-refractivity contribution in [1.82, 2.24) is 4.90 Å². The van der Waals surface area contributed by atoms with Crippen LogP contribution in [-0.4, -0.2) is 17.9 Å². The lowest BCUT2D eigenvalue weighted by molar-refractivity contribution is 0.0784. The van der Waals surface area contributed by atoms with Crippen LogP contribution in [0.25, 0.3) is 0 Å². The van der Waals surface area contributed by atoms with Gasteiger partial charge in [-0.3, -0.25) is 4.79 Å². The summed E-state index contributed by atoms with van der Waals surface area (Å²) in [5.41, 5.74) is 3.85. The van der Waals surface area contributed by atoms with Gasteiger partial charge in [0, 0.05) is 24.7 Å². The van der Waals surface area contributed by atoms with Crippen molar-refractivity contribution in [1.29, 1.82) is 0 Å². The summed E-state index contributed by atoms with van der Waals surface area (Å²) in [6.07, 6.45) is 3.32. The van der Waals surface area contributed by atoms with Crippen molar-refractivity contribution in [2.75, 3.05) is 7.05 Å². The number of aryl methyl sites for hydroxylation is 2. The highest BCUT2D eigenvalue weighted by Gasteiger charge is 2.17. The predicted octanol–water partition coefficient (Wildman–Crippen LogP) is 3.59. The van der Waals surface area contributed by atoms with Crippen LogP contribution in [0.2, 0.25) is 0 Å². The zero-order valence-electron chi connectivity index (χ0n) is 12.1. The molecular weight excluding hydrogens is 265 g/mol. The first kappa shape index (κ1) is 13.8. The Bertz CT molecular complexity index is 681. The van der Waals surface area contributed by atoms with Gasteiger partial charge >= 0.3 is 0 Å². The molecule has 0 N–H and O–H groups in total. The Morgan fingerprint density at radius 3 is 2.71 bits per heavy atom. The molecular formula is C18H18FNO. The number of hydrogen-bond donors (Lipinski definition) is 0. The van der Waals surface area contributed by atoms with Gasteiger partial charge in [-0.1, -0.05) is 24.3 Å². The molecule has 0 unspecified atom stereocenters. The third-order valence-electron chi connectivity index (χ3n) is 4.06. The van der Waals surface area contributed by atoms with Gasteiger partial charge in [0.15, 0.2) is 0 Å². The molecule has 0 fully saturated rings. The molecule has 108 valence electrons. The summed E-state index contributed by atoms with van der Waals surface area (Å²) in [7, 11) is 1.71. The number of benzene rings is 2. The van der Waals surface area contributed by atoms with E-state index >= 15 is 0 Å². The normalized spacial score (nSPS) is 13.0. The van der Waals surface area contributed by atoms with Crippen LogP contribution in [0.1, 0.15) is 33.5 Å². The number of amides is 1. The Labute approximate surface area is 124 Å². The second kappa shape index (κ2) is 5.68. The SMILES string of the molecule is CN(Cc1ccccc1F)C(=O)c1ccc2c(c1)CCC2. The van der Waals surface area contributed by atoms with Gasteiger partial charge in [-0.25, -0.2) is 4.39 Å². The maximum absolute atomic E-state index is 13.7. The average molecular weight is 283 g/mol. The summed E-state index contributed by atoms with van der Waals surface area (Å²) in [4.78, 5) is 14.0. The second-order valence-electron chi connectivity index (χ2n) is 5.59. The molecule has 2 aromatic carbocycles. The van der Waals surface area contributed by atoms with Crippen molar-refractivity contribution in [2.24, 2.45) is 0 Å². The summed E-state index contributed by atoms with van der Waals surface area (Å²) in [6, 6.07) is 12.5. The quantitative estimate of drug-likeness (QED) is 0.843. The number of carbonyl (C=O) groups is 1. The highest BCUT2D eigenvalue weighted by molar-refractivity contribution is 5.94. The molecule has 21 heavy (non-hydrogen) atoms. The van der Waals surface area contributed by atoms with Crippen LogP contribution < -0.4 is 0 Å². The molecule has 2 nitrogen and oxygen atoms in total. The largest absolute Gasteiger partial charge is 0.337 e. The van der Waals surface area contributed by atoms with Gasteiger partial charge in [0.2, 0.25) is 0 Å². The smallest absolute Gasteiger partial charge is 0.253 e. The molecule has 0 heterocycles. The number of carbonyl (C=O) groups excluding carboxylic acids is 1. The van der Waals surface area contributed by atoms with Crippen molar-refractivity contribution in [3.8, 4) is 0 Å². The minimum atomic E-state index is -0.272. The van der Waals surface area contributed by atoms with E-state index in [2.05, 4.69) is 0 Å². The minimum absolute atomic E-state index is 0.0621. The molecule has 0 radical (unpaired) electrons. The fourth-order valence-corrected chi connectivity index (χ4v) is 2.88. The van der Waals surface area contributed by atoms with Crippen LogP contribution >= 0.6 is 0 Å². The molecule has 0 aromatic heterocycles. The first-order chi connectivity index (χ1) is 10.1. The molecule has 0 atom stereocenters. The van der Waals surface area contributed by atoms with E-state index in [1.807, 2.05) is 18.2 Å². The zero-order chi connectivity index (χ0) is 14.8. The Morgan fingerprint density at radius 1 is 1.14 bits per heavy atom. The molecule has 1 aliphatic carbocycles. The molecule has 0 aliphatic heterocycles. The van der Waals surface area contributed by atoms with E-state index < -0.39 is 0 Å². The van der Waals surface area contributed by atoms with Crippen LogP contribution in [0.3, 0.4) is 0 Å². The van der Waals surface area contributed by atoms with Gasteiger partial charge < -0.3 is 4.90 Å². The van der Waals surface area contributed by atoms with Crippen molar-refractivity contribution in [2.45, 2.75) is 25.8 Å². The van der Waals surface area contributed by atoms with Crippen molar-refractivity contribution >= 4 is 5.91 Å². The highest BCUT2D eigenvalue weighted by atomic mass is 19.1.